The van der Waals surface area contributed by atoms with Crippen molar-refractivity contribution in [2.45, 2.75) is 24.3 Å². The number of sulfonamides is 1. The first-order valence-corrected chi connectivity index (χ1v) is 11.8. The number of hydrogen-bond donors (Lipinski definition) is 1. The highest BCUT2D eigenvalue weighted by atomic mass is 32.2. The highest BCUT2D eigenvalue weighted by Gasteiger charge is 2.30. The molecular formula is C22H26N4O4S. The van der Waals surface area contributed by atoms with Gasteiger partial charge in [-0.2, -0.15) is 0 Å². The van der Waals surface area contributed by atoms with Crippen LogP contribution in [0.4, 0.5) is 5.69 Å². The normalized spacial score (nSPS) is 19.9. The summed E-state index contributed by atoms with van der Waals surface area (Å²) in [7, 11) is -1.82. The molecule has 2 aliphatic heterocycles. The summed E-state index contributed by atoms with van der Waals surface area (Å²) in [5, 5.41) is 0. The van der Waals surface area contributed by atoms with Crippen LogP contribution in [0.25, 0.3) is 0 Å². The highest BCUT2D eigenvalue weighted by molar-refractivity contribution is 7.90. The molecule has 0 saturated heterocycles. The third-order valence-electron chi connectivity index (χ3n) is 5.47. The smallest absolute Gasteiger partial charge is 0.263 e. The number of amidine groups is 1. The average molecular weight is 443 g/mol. The number of anilines is 1. The number of nitrogens with zero attached hydrogens (tertiary/aromatic N) is 3. The molecule has 31 heavy (non-hydrogen) atoms. The molecule has 0 spiro atoms. The Morgan fingerprint density at radius 2 is 1.97 bits per heavy atom. The molecule has 0 aromatic heterocycles. The van der Waals surface area contributed by atoms with Gasteiger partial charge in [0.25, 0.3) is 10.0 Å². The van der Waals surface area contributed by atoms with Gasteiger partial charge in [0.05, 0.1) is 30.2 Å². The van der Waals surface area contributed by atoms with Gasteiger partial charge in [0.15, 0.2) is 0 Å². The minimum atomic E-state index is -3.57. The Labute approximate surface area is 182 Å². The number of benzene rings is 2. The zero-order chi connectivity index (χ0) is 22.0. The predicted octanol–water partition coefficient (Wildman–Crippen LogP) is 1.86. The van der Waals surface area contributed by atoms with E-state index in [0.29, 0.717) is 18.7 Å². The summed E-state index contributed by atoms with van der Waals surface area (Å²) in [5.41, 5.74) is 1.61. The van der Waals surface area contributed by atoms with Gasteiger partial charge in [0, 0.05) is 25.6 Å². The molecule has 1 N–H and O–H groups in total. The molecule has 2 aromatic rings. The van der Waals surface area contributed by atoms with Crippen LogP contribution in [-0.4, -0.2) is 64.4 Å². The van der Waals surface area contributed by atoms with Crippen molar-refractivity contribution < 1.29 is 17.9 Å². The molecule has 1 unspecified atom stereocenters. The third-order valence-corrected chi connectivity index (χ3v) is 6.86. The summed E-state index contributed by atoms with van der Waals surface area (Å²) in [4.78, 5) is 21.0. The fourth-order valence-corrected chi connectivity index (χ4v) is 5.14. The topological polar surface area (TPSA) is 91.3 Å². The maximum atomic E-state index is 12.6. The Morgan fingerprint density at radius 1 is 1.23 bits per heavy atom. The molecule has 0 radical (unpaired) electrons. The summed E-state index contributed by atoms with van der Waals surface area (Å²) < 4.78 is 32.8. The number of ether oxygens (including phenoxy) is 1. The monoisotopic (exact) mass is 442 g/mol. The van der Waals surface area contributed by atoms with Crippen LogP contribution in [0.3, 0.4) is 0 Å². The van der Waals surface area contributed by atoms with E-state index in [0.717, 1.165) is 18.0 Å². The van der Waals surface area contributed by atoms with Crippen LogP contribution < -0.4 is 14.4 Å². The highest BCUT2D eigenvalue weighted by Crippen LogP contribution is 2.32. The molecule has 4 rings (SSSR count). The number of likely N-dealkylation sites (N-methyl/N-ethyl adjacent to an activating group) is 2. The van der Waals surface area contributed by atoms with Crippen LogP contribution in [0.1, 0.15) is 18.9 Å². The maximum Gasteiger partial charge on any atom is 0.263 e. The van der Waals surface area contributed by atoms with Gasteiger partial charge < -0.3 is 14.5 Å². The fourth-order valence-electron chi connectivity index (χ4n) is 3.89. The molecule has 2 heterocycles. The second-order valence-corrected chi connectivity index (χ2v) is 9.25. The molecule has 1 amide bonds. The summed E-state index contributed by atoms with van der Waals surface area (Å²) in [5.74, 6) is 1.06. The summed E-state index contributed by atoms with van der Waals surface area (Å²) in [6.45, 7) is 4.35. The Balaban J connectivity index is 1.35. The lowest BCUT2D eigenvalue weighted by atomic mass is 10.1. The lowest BCUT2D eigenvalue weighted by Crippen LogP contribution is -2.46. The number of hydrogen-bond acceptors (Lipinski definition) is 6. The first-order chi connectivity index (χ1) is 14.9. The lowest BCUT2D eigenvalue weighted by molar-refractivity contribution is -0.130. The van der Waals surface area contributed by atoms with Crippen LogP contribution >= 0.6 is 0 Å². The van der Waals surface area contributed by atoms with Gasteiger partial charge in [-0.3, -0.25) is 14.5 Å². The molecule has 2 aromatic carbocycles. The first-order valence-electron chi connectivity index (χ1n) is 10.3. The minimum absolute atomic E-state index is 0.0657. The van der Waals surface area contributed by atoms with E-state index in [-0.39, 0.29) is 35.7 Å². The summed E-state index contributed by atoms with van der Waals surface area (Å²) in [6.07, 6.45) is 0.0636. The molecule has 0 bridgehead atoms. The summed E-state index contributed by atoms with van der Waals surface area (Å²) >= 11 is 0. The van der Waals surface area contributed by atoms with Crippen LogP contribution in [0, 0.1) is 0 Å². The Hall–Kier alpha value is -3.07. The van der Waals surface area contributed by atoms with E-state index in [1.165, 1.54) is 0 Å². The molecule has 8 nitrogen and oxygen atoms in total. The number of nitrogens with one attached hydrogen (secondary N) is 1. The SMILES string of the molecule is CCN1CC(CN(C)C(=O)CCN=C2NS(=O)(=O)c3ccccc32)Oc2ccccc21. The first kappa shape index (κ1) is 21.2. The van der Waals surface area contributed by atoms with Gasteiger partial charge in [-0.05, 0) is 31.2 Å². The minimum Gasteiger partial charge on any atom is -0.485 e. The van der Waals surface area contributed by atoms with Gasteiger partial charge in [0.1, 0.15) is 17.7 Å². The summed E-state index contributed by atoms with van der Waals surface area (Å²) in [6, 6.07) is 14.6. The van der Waals surface area contributed by atoms with E-state index in [9.17, 15) is 13.2 Å². The number of carbonyl (C=O) groups excluding carboxylic acids is 1. The van der Waals surface area contributed by atoms with Gasteiger partial charge in [-0.25, -0.2) is 8.42 Å². The van der Waals surface area contributed by atoms with E-state index in [4.69, 9.17) is 4.74 Å². The van der Waals surface area contributed by atoms with Crippen LogP contribution in [-0.2, 0) is 14.8 Å². The zero-order valence-corrected chi connectivity index (χ0v) is 18.4. The van der Waals surface area contributed by atoms with E-state index < -0.39 is 10.0 Å². The van der Waals surface area contributed by atoms with Crippen LogP contribution in [0.2, 0.25) is 0 Å². The fraction of sp³-hybridized carbons (Fsp3) is 0.364. The molecule has 2 aliphatic rings. The predicted molar refractivity (Wildman–Crippen MR) is 119 cm³/mol. The maximum absolute atomic E-state index is 12.6. The number of aliphatic imine (C=N–C) groups is 1. The lowest BCUT2D eigenvalue weighted by Gasteiger charge is -2.37. The standard InChI is InChI=1S/C22H26N4O4S/c1-3-26-15-16(30-19-10-6-5-9-18(19)26)14-25(2)21(27)12-13-23-22-17-8-4-7-11-20(17)31(28,29)24-22/h4-11,16H,3,12-15H2,1-2H3,(H,23,24). The molecule has 1 atom stereocenters. The third kappa shape index (κ3) is 4.36. The Bertz CT molecular complexity index is 1120. The molecule has 0 saturated carbocycles. The quantitative estimate of drug-likeness (QED) is 0.737. The number of fused-ring (bicyclic) bond motifs is 2. The van der Waals surface area contributed by atoms with Crippen LogP contribution in [0.5, 0.6) is 5.75 Å². The largest absolute Gasteiger partial charge is 0.485 e. The van der Waals surface area contributed by atoms with Crippen molar-refractivity contribution in [1.82, 2.24) is 9.62 Å². The van der Waals surface area contributed by atoms with Crippen molar-refractivity contribution in [1.29, 1.82) is 0 Å². The number of amides is 1. The molecule has 0 fully saturated rings. The van der Waals surface area contributed by atoms with Gasteiger partial charge in [-0.15, -0.1) is 0 Å². The van der Waals surface area contributed by atoms with E-state index in [2.05, 4.69) is 21.5 Å². The molecule has 164 valence electrons. The van der Waals surface area contributed by atoms with Crippen molar-refractivity contribution in [2.24, 2.45) is 4.99 Å². The van der Waals surface area contributed by atoms with Crippen molar-refractivity contribution in [2.75, 3.05) is 38.1 Å². The van der Waals surface area contributed by atoms with E-state index >= 15 is 0 Å². The average Bonchev–Trinajstić information content (AvgIpc) is 3.03. The number of carbonyl (C=O) groups is 1. The van der Waals surface area contributed by atoms with Crippen molar-refractivity contribution in [3.63, 3.8) is 0 Å². The van der Waals surface area contributed by atoms with E-state index in [1.54, 1.807) is 36.2 Å². The Morgan fingerprint density at radius 3 is 2.77 bits per heavy atom. The van der Waals surface area contributed by atoms with Crippen molar-refractivity contribution in [3.05, 3.63) is 54.1 Å². The zero-order valence-electron chi connectivity index (χ0n) is 17.6. The molecular weight excluding hydrogens is 416 g/mol. The van der Waals surface area contributed by atoms with Gasteiger partial charge >= 0.3 is 0 Å². The molecule has 0 aliphatic carbocycles. The van der Waals surface area contributed by atoms with Crippen molar-refractivity contribution >= 4 is 27.5 Å². The van der Waals surface area contributed by atoms with Crippen molar-refractivity contribution in [3.8, 4) is 5.75 Å². The molecule has 9 heteroatoms. The Kier molecular flexibility index (Phi) is 5.86. The number of para-hydroxylation sites is 2. The number of rotatable bonds is 6. The second-order valence-electron chi connectivity index (χ2n) is 7.60. The second kappa shape index (κ2) is 8.58. The van der Waals surface area contributed by atoms with Crippen LogP contribution in [0.15, 0.2) is 58.4 Å². The van der Waals surface area contributed by atoms with Gasteiger partial charge in [0.2, 0.25) is 5.91 Å². The van der Waals surface area contributed by atoms with E-state index in [1.807, 2.05) is 24.3 Å². The van der Waals surface area contributed by atoms with Gasteiger partial charge in [-0.1, -0.05) is 24.3 Å².